The van der Waals surface area contributed by atoms with Crippen molar-refractivity contribution < 1.29 is 18.1 Å². The number of aliphatic hydroxyl groups excluding tert-OH is 1. The van der Waals surface area contributed by atoms with E-state index >= 15 is 0 Å². The summed E-state index contributed by atoms with van der Waals surface area (Å²) in [6.45, 7) is 2.86. The lowest BCUT2D eigenvalue weighted by molar-refractivity contribution is 0.315. The van der Waals surface area contributed by atoms with E-state index in [1.54, 1.807) is 0 Å². The smallest absolute Gasteiger partial charge is 0.267 e. The fourth-order valence-electron chi connectivity index (χ4n) is 0.563. The van der Waals surface area contributed by atoms with Crippen molar-refractivity contribution in [3.05, 3.63) is 0 Å². The zero-order chi connectivity index (χ0) is 10.9. The van der Waals surface area contributed by atoms with E-state index < -0.39 is 22.5 Å². The number of rotatable bonds is 4. The van der Waals surface area contributed by atoms with Gasteiger partial charge in [0, 0.05) is 0 Å². The number of hydrogen-bond donors (Lipinski definition) is 2. The Labute approximate surface area is 80.1 Å². The Kier molecular flexibility index (Phi) is 9.93. The molecule has 0 aromatic rings. The zero-order valence-electron chi connectivity index (χ0n) is 8.39. The third-order valence-electron chi connectivity index (χ3n) is 1.02. The molecule has 0 spiro atoms. The van der Waals surface area contributed by atoms with E-state index in [0.717, 1.165) is 0 Å². The summed E-state index contributed by atoms with van der Waals surface area (Å²) in [5, 5.41) is 7.86. The molecule has 6 heteroatoms. The molecular weight excluding hydrogens is 194 g/mol. The third kappa shape index (κ3) is 24.5. The Morgan fingerprint density at radius 3 is 1.77 bits per heavy atom. The van der Waals surface area contributed by atoms with Crippen molar-refractivity contribution in [1.29, 1.82) is 0 Å². The molecule has 0 fully saturated rings. The largest absolute Gasteiger partial charge is 0.395 e. The highest BCUT2D eigenvalue weighted by Crippen LogP contribution is 1.76. The lowest BCUT2D eigenvalue weighted by Crippen LogP contribution is -2.11. The Morgan fingerprint density at radius 1 is 1.31 bits per heavy atom. The first-order chi connectivity index (χ1) is 5.83. The Morgan fingerprint density at radius 2 is 1.77 bits per heavy atom. The summed E-state index contributed by atoms with van der Waals surface area (Å²) in [6.07, 6.45) is 1.26. The van der Waals surface area contributed by atoms with Crippen LogP contribution in [0.2, 0.25) is 0 Å². The molecular formula is C7H19NO4S. The molecule has 2 N–H and O–H groups in total. The summed E-state index contributed by atoms with van der Waals surface area (Å²) in [5.74, 6) is -0.576. The maximum absolute atomic E-state index is 9.63. The molecule has 0 saturated heterocycles. The van der Waals surface area contributed by atoms with Crippen molar-refractivity contribution in [1.82, 2.24) is 4.90 Å². The first-order valence-electron chi connectivity index (χ1n) is 4.04. The summed E-state index contributed by atoms with van der Waals surface area (Å²) in [4.78, 5) is 2.18. The third-order valence-corrected chi connectivity index (χ3v) is 1.72. The van der Waals surface area contributed by atoms with Crippen LogP contribution in [0.4, 0.5) is 0 Å². The van der Waals surface area contributed by atoms with Gasteiger partial charge in [0.25, 0.3) is 10.1 Å². The van der Waals surface area contributed by atoms with E-state index in [1.165, 1.54) is 13.0 Å². The van der Waals surface area contributed by atoms with Gasteiger partial charge in [-0.1, -0.05) is 6.92 Å². The highest BCUT2D eigenvalue weighted by atomic mass is 32.2. The second-order valence-corrected chi connectivity index (χ2v) is 4.38. The highest BCUT2D eigenvalue weighted by Gasteiger charge is 1.99. The first kappa shape index (κ1) is 15.3. The molecule has 0 atom stereocenters. The van der Waals surface area contributed by atoms with Gasteiger partial charge in [-0.2, -0.15) is 8.42 Å². The first-order valence-corrected chi connectivity index (χ1v) is 5.65. The van der Waals surface area contributed by atoms with Gasteiger partial charge >= 0.3 is 0 Å². The van der Waals surface area contributed by atoms with Gasteiger partial charge in [0.2, 0.25) is 0 Å². The van der Waals surface area contributed by atoms with Gasteiger partial charge in [0.05, 0.1) is 12.4 Å². The Balaban J connectivity index is 0. The SMILES string of the molecule is CCCN(C)C.O=S(=O)(O)CCO. The van der Waals surface area contributed by atoms with E-state index in [-0.39, 0.29) is 0 Å². The molecule has 0 aromatic heterocycles. The minimum atomic E-state index is -3.92. The van der Waals surface area contributed by atoms with Crippen molar-refractivity contribution in [3.63, 3.8) is 0 Å². The summed E-state index contributed by atoms with van der Waals surface area (Å²) < 4.78 is 27.1. The monoisotopic (exact) mass is 213 g/mol. The standard InChI is InChI=1S/C5H13N.C2H6O4S/c1-4-5-6(2)3;3-1-2-7(4,5)6/h4-5H2,1-3H3;3H,1-2H2,(H,4,5,6). The molecule has 0 radical (unpaired) electrons. The molecule has 13 heavy (non-hydrogen) atoms. The molecule has 0 unspecified atom stereocenters. The van der Waals surface area contributed by atoms with Crippen LogP contribution in [-0.2, 0) is 10.1 Å². The lowest BCUT2D eigenvalue weighted by atomic mass is 10.5. The summed E-state index contributed by atoms with van der Waals surface area (Å²) >= 11 is 0. The van der Waals surface area contributed by atoms with Gasteiger partial charge in [0.1, 0.15) is 0 Å². The fraction of sp³-hybridized carbons (Fsp3) is 1.00. The topological polar surface area (TPSA) is 77.8 Å². The molecule has 82 valence electrons. The van der Waals surface area contributed by atoms with Gasteiger partial charge in [-0.15, -0.1) is 0 Å². The highest BCUT2D eigenvalue weighted by molar-refractivity contribution is 7.85. The van der Waals surface area contributed by atoms with E-state index in [1.807, 2.05) is 0 Å². The van der Waals surface area contributed by atoms with Crippen LogP contribution in [0.25, 0.3) is 0 Å². The van der Waals surface area contributed by atoms with Crippen molar-refractivity contribution in [3.8, 4) is 0 Å². The molecule has 0 amide bonds. The maximum Gasteiger partial charge on any atom is 0.267 e. The van der Waals surface area contributed by atoms with E-state index in [9.17, 15) is 8.42 Å². The zero-order valence-corrected chi connectivity index (χ0v) is 9.21. The summed E-state index contributed by atoms with van der Waals surface area (Å²) in [6, 6.07) is 0. The number of hydrogen-bond acceptors (Lipinski definition) is 4. The molecule has 0 aliphatic heterocycles. The van der Waals surface area contributed by atoms with Gasteiger partial charge in [-0.25, -0.2) is 0 Å². The molecule has 0 aromatic carbocycles. The second-order valence-electron chi connectivity index (χ2n) is 2.81. The molecule has 0 bridgehead atoms. The van der Waals surface area contributed by atoms with Crippen LogP contribution < -0.4 is 0 Å². The van der Waals surface area contributed by atoms with E-state index in [2.05, 4.69) is 25.9 Å². The van der Waals surface area contributed by atoms with Crippen LogP contribution in [-0.4, -0.2) is 56.0 Å². The quantitative estimate of drug-likeness (QED) is 0.634. The fourth-order valence-corrected chi connectivity index (χ4v) is 0.793. The normalized spacial score (nSPS) is 10.9. The molecule has 0 saturated carbocycles. The van der Waals surface area contributed by atoms with Crippen LogP contribution in [0, 0.1) is 0 Å². The van der Waals surface area contributed by atoms with Crippen LogP contribution in [0.15, 0.2) is 0 Å². The Hall–Kier alpha value is -0.170. The van der Waals surface area contributed by atoms with Crippen LogP contribution in [0.5, 0.6) is 0 Å². The minimum Gasteiger partial charge on any atom is -0.395 e. The van der Waals surface area contributed by atoms with Crippen LogP contribution >= 0.6 is 0 Å². The van der Waals surface area contributed by atoms with Crippen LogP contribution in [0.1, 0.15) is 13.3 Å². The van der Waals surface area contributed by atoms with Gasteiger partial charge in [-0.3, -0.25) is 4.55 Å². The molecule has 0 heterocycles. The molecule has 5 nitrogen and oxygen atoms in total. The van der Waals surface area contributed by atoms with Crippen molar-refractivity contribution in [2.24, 2.45) is 0 Å². The van der Waals surface area contributed by atoms with Gasteiger partial charge < -0.3 is 10.0 Å². The average molecular weight is 213 g/mol. The molecule has 0 aliphatic carbocycles. The predicted octanol–water partition coefficient (Wildman–Crippen LogP) is -0.175. The molecule has 0 aliphatic rings. The summed E-state index contributed by atoms with van der Waals surface area (Å²) in [7, 11) is 0.249. The van der Waals surface area contributed by atoms with Crippen LogP contribution in [0.3, 0.4) is 0 Å². The van der Waals surface area contributed by atoms with Crippen molar-refractivity contribution in [2.45, 2.75) is 13.3 Å². The number of nitrogens with zero attached hydrogens (tertiary/aromatic N) is 1. The maximum atomic E-state index is 9.63. The molecule has 0 rings (SSSR count). The second kappa shape index (κ2) is 8.43. The summed E-state index contributed by atoms with van der Waals surface area (Å²) in [5.41, 5.74) is 0. The van der Waals surface area contributed by atoms with Gasteiger partial charge in [-0.05, 0) is 27.1 Å². The number of aliphatic hydroxyl groups is 1. The lowest BCUT2D eigenvalue weighted by Gasteiger charge is -2.03. The van der Waals surface area contributed by atoms with E-state index in [0.29, 0.717) is 0 Å². The van der Waals surface area contributed by atoms with Gasteiger partial charge in [0.15, 0.2) is 0 Å². The average Bonchev–Trinajstić information content (AvgIpc) is 1.84. The predicted molar refractivity (Wildman–Crippen MR) is 52.3 cm³/mol. The minimum absolute atomic E-state index is 0.529. The van der Waals surface area contributed by atoms with Crippen molar-refractivity contribution >= 4 is 10.1 Å². The van der Waals surface area contributed by atoms with Crippen molar-refractivity contribution in [2.75, 3.05) is 33.0 Å². The Bertz CT molecular complexity index is 189. The van der Waals surface area contributed by atoms with E-state index in [4.69, 9.17) is 9.66 Å².